The fourth-order valence-corrected chi connectivity index (χ4v) is 1.83. The van der Waals surface area contributed by atoms with Gasteiger partial charge in [-0.25, -0.2) is 0 Å². The number of hydrogen-bond donors (Lipinski definition) is 1. The van der Waals surface area contributed by atoms with Gasteiger partial charge in [-0.05, 0) is 18.9 Å². The van der Waals surface area contributed by atoms with E-state index in [-0.39, 0.29) is 17.2 Å². The number of benzene rings is 1. The second-order valence-electron chi connectivity index (χ2n) is 4.72. The van der Waals surface area contributed by atoms with Gasteiger partial charge in [0.1, 0.15) is 0 Å². The van der Waals surface area contributed by atoms with Crippen molar-refractivity contribution in [1.82, 2.24) is 4.98 Å². The SMILES string of the molecule is CCC(C)C(C)Nc1nc2c([N+](=O)[O-])cccc2o1. The fourth-order valence-electron chi connectivity index (χ4n) is 1.83. The van der Waals surface area contributed by atoms with E-state index in [2.05, 4.69) is 24.1 Å². The van der Waals surface area contributed by atoms with Crippen LogP contribution in [0.4, 0.5) is 11.7 Å². The van der Waals surface area contributed by atoms with Gasteiger partial charge in [-0.2, -0.15) is 4.98 Å². The van der Waals surface area contributed by atoms with Crippen LogP contribution < -0.4 is 5.32 Å². The third-order valence-corrected chi connectivity index (χ3v) is 3.44. The summed E-state index contributed by atoms with van der Waals surface area (Å²) in [5.74, 6) is 0.463. The zero-order valence-electron chi connectivity index (χ0n) is 11.2. The van der Waals surface area contributed by atoms with E-state index in [1.165, 1.54) is 6.07 Å². The van der Waals surface area contributed by atoms with Crippen molar-refractivity contribution in [3.8, 4) is 0 Å². The summed E-state index contributed by atoms with van der Waals surface area (Å²) in [4.78, 5) is 14.6. The first-order chi connectivity index (χ1) is 9.02. The molecule has 0 saturated heterocycles. The summed E-state index contributed by atoms with van der Waals surface area (Å²) in [6, 6.07) is 5.21. The Kier molecular flexibility index (Phi) is 3.69. The lowest BCUT2D eigenvalue weighted by molar-refractivity contribution is -0.383. The lowest BCUT2D eigenvalue weighted by Gasteiger charge is -2.18. The van der Waals surface area contributed by atoms with Gasteiger partial charge in [0.2, 0.25) is 0 Å². The van der Waals surface area contributed by atoms with Gasteiger partial charge in [-0.1, -0.05) is 26.3 Å². The molecule has 1 N–H and O–H groups in total. The Labute approximate surface area is 111 Å². The third kappa shape index (κ3) is 2.67. The van der Waals surface area contributed by atoms with Crippen LogP contribution in [-0.2, 0) is 0 Å². The molecule has 0 aliphatic heterocycles. The highest BCUT2D eigenvalue weighted by Gasteiger charge is 2.19. The van der Waals surface area contributed by atoms with E-state index in [1.54, 1.807) is 12.1 Å². The molecule has 19 heavy (non-hydrogen) atoms. The molecule has 0 aliphatic carbocycles. The minimum absolute atomic E-state index is 0.0366. The molecular weight excluding hydrogens is 246 g/mol. The van der Waals surface area contributed by atoms with Crippen LogP contribution in [0, 0.1) is 16.0 Å². The predicted molar refractivity (Wildman–Crippen MR) is 73.2 cm³/mol. The Bertz CT molecular complexity index is 594. The summed E-state index contributed by atoms with van der Waals surface area (Å²) in [5.41, 5.74) is 0.671. The predicted octanol–water partition coefficient (Wildman–Crippen LogP) is 3.58. The summed E-state index contributed by atoms with van der Waals surface area (Å²) in [7, 11) is 0. The number of nitro benzene ring substituents is 1. The van der Waals surface area contributed by atoms with E-state index >= 15 is 0 Å². The molecule has 1 heterocycles. The quantitative estimate of drug-likeness (QED) is 0.658. The average Bonchev–Trinajstić information content (AvgIpc) is 2.79. The minimum atomic E-state index is -0.452. The highest BCUT2D eigenvalue weighted by molar-refractivity contribution is 5.84. The molecule has 2 rings (SSSR count). The largest absolute Gasteiger partial charge is 0.423 e. The standard InChI is InChI=1S/C13H17N3O3/c1-4-8(2)9(3)14-13-15-12-10(16(17)18)6-5-7-11(12)19-13/h5-9H,4H2,1-3H3,(H,14,15). The molecule has 102 valence electrons. The van der Waals surface area contributed by atoms with Crippen molar-refractivity contribution in [3.05, 3.63) is 28.3 Å². The second kappa shape index (κ2) is 5.26. The number of para-hydroxylation sites is 1. The lowest BCUT2D eigenvalue weighted by Crippen LogP contribution is -2.23. The zero-order valence-corrected chi connectivity index (χ0v) is 11.2. The Hall–Kier alpha value is -2.11. The summed E-state index contributed by atoms with van der Waals surface area (Å²) in [5, 5.41) is 14.1. The smallest absolute Gasteiger partial charge is 0.298 e. The van der Waals surface area contributed by atoms with E-state index in [9.17, 15) is 10.1 Å². The second-order valence-corrected chi connectivity index (χ2v) is 4.72. The molecule has 0 bridgehead atoms. The first-order valence-corrected chi connectivity index (χ1v) is 6.33. The molecule has 0 spiro atoms. The summed E-state index contributed by atoms with van der Waals surface area (Å²) in [6.07, 6.45) is 1.04. The van der Waals surface area contributed by atoms with E-state index in [4.69, 9.17) is 4.42 Å². The number of anilines is 1. The molecule has 2 aromatic rings. The van der Waals surface area contributed by atoms with Gasteiger partial charge in [-0.15, -0.1) is 0 Å². The van der Waals surface area contributed by atoms with Gasteiger partial charge in [0.05, 0.1) is 4.92 Å². The number of aromatic nitrogens is 1. The van der Waals surface area contributed by atoms with E-state index in [0.717, 1.165) is 6.42 Å². The van der Waals surface area contributed by atoms with E-state index < -0.39 is 4.92 Å². The van der Waals surface area contributed by atoms with Gasteiger partial charge in [0, 0.05) is 12.1 Å². The molecule has 0 radical (unpaired) electrons. The topological polar surface area (TPSA) is 81.2 Å². The summed E-state index contributed by atoms with van der Waals surface area (Å²) in [6.45, 7) is 6.28. The average molecular weight is 263 g/mol. The van der Waals surface area contributed by atoms with Gasteiger partial charge in [-0.3, -0.25) is 10.1 Å². The fraction of sp³-hybridized carbons (Fsp3) is 0.462. The molecule has 6 nitrogen and oxygen atoms in total. The van der Waals surface area contributed by atoms with Gasteiger partial charge in [0.15, 0.2) is 11.1 Å². The Morgan fingerprint density at radius 3 is 2.84 bits per heavy atom. The van der Waals surface area contributed by atoms with Crippen molar-refractivity contribution < 1.29 is 9.34 Å². The molecule has 1 aromatic carbocycles. The van der Waals surface area contributed by atoms with Crippen LogP contribution in [-0.4, -0.2) is 15.9 Å². The maximum absolute atomic E-state index is 10.9. The van der Waals surface area contributed by atoms with Crippen LogP contribution in [0.5, 0.6) is 0 Å². The number of nitro groups is 1. The van der Waals surface area contributed by atoms with Gasteiger partial charge < -0.3 is 9.73 Å². The number of nitrogens with one attached hydrogen (secondary N) is 1. The maximum atomic E-state index is 10.9. The van der Waals surface area contributed by atoms with E-state index in [1.807, 2.05) is 6.92 Å². The van der Waals surface area contributed by atoms with Crippen LogP contribution in [0.25, 0.3) is 11.1 Å². The molecule has 0 aliphatic rings. The van der Waals surface area contributed by atoms with Crippen molar-refractivity contribution in [1.29, 1.82) is 0 Å². The number of fused-ring (bicyclic) bond motifs is 1. The van der Waals surface area contributed by atoms with Crippen LogP contribution >= 0.6 is 0 Å². The lowest BCUT2D eigenvalue weighted by atomic mass is 10.0. The van der Waals surface area contributed by atoms with E-state index in [0.29, 0.717) is 17.5 Å². The molecule has 0 fully saturated rings. The normalized spacial score (nSPS) is 14.3. The highest BCUT2D eigenvalue weighted by atomic mass is 16.6. The molecule has 1 aromatic heterocycles. The number of rotatable bonds is 5. The van der Waals surface area contributed by atoms with Gasteiger partial charge in [0.25, 0.3) is 11.7 Å². The maximum Gasteiger partial charge on any atom is 0.298 e. The summed E-state index contributed by atoms with van der Waals surface area (Å²) >= 11 is 0. The van der Waals surface area contributed by atoms with Crippen LogP contribution in [0.3, 0.4) is 0 Å². The monoisotopic (exact) mass is 263 g/mol. The minimum Gasteiger partial charge on any atom is -0.423 e. The molecule has 0 saturated carbocycles. The number of non-ortho nitro benzene ring substituents is 1. The Morgan fingerprint density at radius 1 is 1.47 bits per heavy atom. The first kappa shape index (κ1) is 13.3. The molecule has 6 heteroatoms. The molecular formula is C13H17N3O3. The van der Waals surface area contributed by atoms with Crippen molar-refractivity contribution in [2.24, 2.45) is 5.92 Å². The third-order valence-electron chi connectivity index (χ3n) is 3.44. The Balaban J connectivity index is 2.32. The molecule has 0 amide bonds. The highest BCUT2D eigenvalue weighted by Crippen LogP contribution is 2.28. The van der Waals surface area contributed by atoms with Crippen molar-refractivity contribution in [2.75, 3.05) is 5.32 Å². The molecule has 2 unspecified atom stereocenters. The van der Waals surface area contributed by atoms with Gasteiger partial charge >= 0.3 is 0 Å². The van der Waals surface area contributed by atoms with Crippen molar-refractivity contribution in [3.63, 3.8) is 0 Å². The number of oxazole rings is 1. The van der Waals surface area contributed by atoms with Crippen LogP contribution in [0.1, 0.15) is 27.2 Å². The Morgan fingerprint density at radius 2 is 2.21 bits per heavy atom. The van der Waals surface area contributed by atoms with Crippen molar-refractivity contribution in [2.45, 2.75) is 33.2 Å². The number of hydrogen-bond acceptors (Lipinski definition) is 5. The molecule has 2 atom stereocenters. The zero-order chi connectivity index (χ0) is 14.0. The number of nitrogens with zero attached hydrogens (tertiary/aromatic N) is 2. The first-order valence-electron chi connectivity index (χ1n) is 6.33. The van der Waals surface area contributed by atoms with Crippen LogP contribution in [0.15, 0.2) is 22.6 Å². The summed E-state index contributed by atoms with van der Waals surface area (Å²) < 4.78 is 5.50. The van der Waals surface area contributed by atoms with Crippen LogP contribution in [0.2, 0.25) is 0 Å². The van der Waals surface area contributed by atoms with Crippen molar-refractivity contribution >= 4 is 22.8 Å².